The lowest BCUT2D eigenvalue weighted by Crippen LogP contribution is -2.29. The summed E-state index contributed by atoms with van der Waals surface area (Å²) in [5.74, 6) is 0.175. The molecule has 1 atom stereocenters. The average molecular weight is 463 g/mol. The fourth-order valence-electron chi connectivity index (χ4n) is 4.01. The van der Waals surface area contributed by atoms with Crippen molar-refractivity contribution in [2.75, 3.05) is 20.8 Å². The van der Waals surface area contributed by atoms with Crippen LogP contribution in [0.25, 0.3) is 5.76 Å². The van der Waals surface area contributed by atoms with Gasteiger partial charge in [0.05, 0.1) is 45.2 Å². The van der Waals surface area contributed by atoms with E-state index in [1.807, 2.05) is 6.92 Å². The topological polar surface area (TPSA) is 98.4 Å². The minimum Gasteiger partial charge on any atom is -0.507 e. The number of rotatable bonds is 8. The highest BCUT2D eigenvalue weighted by Gasteiger charge is 2.46. The van der Waals surface area contributed by atoms with Crippen LogP contribution in [0, 0.1) is 0 Å². The highest BCUT2D eigenvalue weighted by molar-refractivity contribution is 6.46. The molecule has 1 N–H and O–H groups in total. The second-order valence-corrected chi connectivity index (χ2v) is 7.58. The summed E-state index contributed by atoms with van der Waals surface area (Å²) in [6, 6.07) is 14.4. The molecular formula is C26H25NO7. The molecule has 8 nitrogen and oxygen atoms in total. The van der Waals surface area contributed by atoms with E-state index in [1.165, 1.54) is 25.4 Å². The second-order valence-electron chi connectivity index (χ2n) is 7.58. The summed E-state index contributed by atoms with van der Waals surface area (Å²) < 4.78 is 21.8. The van der Waals surface area contributed by atoms with Gasteiger partial charge in [-0.2, -0.15) is 0 Å². The number of methoxy groups -OCH3 is 2. The Morgan fingerprint density at radius 2 is 1.85 bits per heavy atom. The van der Waals surface area contributed by atoms with E-state index in [9.17, 15) is 14.7 Å². The van der Waals surface area contributed by atoms with Gasteiger partial charge < -0.3 is 28.6 Å². The van der Waals surface area contributed by atoms with E-state index >= 15 is 0 Å². The standard InChI is InChI=1S/C26H25NO7/c1-4-33-20-11-10-16(14-21(20)32-3)23-22(24(28)17-7-5-8-18(13-17)31-2)25(29)26(30)27(23)15-19-9-6-12-34-19/h5-14,23,28H,4,15H2,1-3H3/b24-22+. The number of likely N-dealkylation sites (tertiary alicyclic amines) is 1. The molecule has 34 heavy (non-hydrogen) atoms. The minimum absolute atomic E-state index is 0.0315. The van der Waals surface area contributed by atoms with Crippen molar-refractivity contribution in [1.82, 2.24) is 4.90 Å². The third kappa shape index (κ3) is 4.22. The Labute approximate surface area is 197 Å². The van der Waals surface area contributed by atoms with Crippen molar-refractivity contribution in [2.45, 2.75) is 19.5 Å². The van der Waals surface area contributed by atoms with Gasteiger partial charge in [-0.1, -0.05) is 18.2 Å². The zero-order valence-electron chi connectivity index (χ0n) is 19.1. The first-order valence-electron chi connectivity index (χ1n) is 10.7. The van der Waals surface area contributed by atoms with Gasteiger partial charge in [0.1, 0.15) is 17.3 Å². The van der Waals surface area contributed by atoms with Gasteiger partial charge in [0, 0.05) is 5.56 Å². The lowest BCUT2D eigenvalue weighted by atomic mass is 9.95. The van der Waals surface area contributed by atoms with Gasteiger partial charge in [-0.15, -0.1) is 0 Å². The van der Waals surface area contributed by atoms with Crippen molar-refractivity contribution >= 4 is 17.4 Å². The smallest absolute Gasteiger partial charge is 0.296 e. The van der Waals surface area contributed by atoms with E-state index in [0.717, 1.165) is 0 Å². The summed E-state index contributed by atoms with van der Waals surface area (Å²) in [5, 5.41) is 11.2. The van der Waals surface area contributed by atoms with Gasteiger partial charge in [-0.3, -0.25) is 9.59 Å². The van der Waals surface area contributed by atoms with Crippen LogP contribution in [-0.2, 0) is 16.1 Å². The van der Waals surface area contributed by atoms with Gasteiger partial charge in [0.25, 0.3) is 11.7 Å². The molecule has 0 spiro atoms. The molecule has 4 rings (SSSR count). The van der Waals surface area contributed by atoms with Crippen molar-refractivity contribution in [1.29, 1.82) is 0 Å². The van der Waals surface area contributed by atoms with E-state index < -0.39 is 17.7 Å². The Balaban J connectivity index is 1.88. The van der Waals surface area contributed by atoms with Gasteiger partial charge in [-0.05, 0) is 48.9 Å². The van der Waals surface area contributed by atoms with Crippen molar-refractivity contribution in [2.24, 2.45) is 0 Å². The summed E-state index contributed by atoms with van der Waals surface area (Å²) >= 11 is 0. The molecule has 176 valence electrons. The maximum Gasteiger partial charge on any atom is 0.296 e. The van der Waals surface area contributed by atoms with Crippen LogP contribution in [0.15, 0.2) is 70.9 Å². The average Bonchev–Trinajstić information content (AvgIpc) is 3.46. The Hall–Kier alpha value is -4.20. The molecule has 0 aliphatic carbocycles. The first-order valence-corrected chi connectivity index (χ1v) is 10.7. The second kappa shape index (κ2) is 9.74. The lowest BCUT2D eigenvalue weighted by molar-refractivity contribution is -0.140. The van der Waals surface area contributed by atoms with Crippen LogP contribution in [-0.4, -0.2) is 42.5 Å². The minimum atomic E-state index is -0.874. The normalized spacial score (nSPS) is 17.1. The zero-order chi connectivity index (χ0) is 24.2. The molecule has 8 heteroatoms. The van der Waals surface area contributed by atoms with Crippen LogP contribution in [0.5, 0.6) is 17.2 Å². The maximum atomic E-state index is 13.2. The molecule has 1 aliphatic heterocycles. The van der Waals surface area contributed by atoms with Gasteiger partial charge in [0.15, 0.2) is 11.5 Å². The first kappa shape index (κ1) is 23.0. The SMILES string of the molecule is CCOc1ccc(C2/C(=C(\O)c3cccc(OC)c3)C(=O)C(=O)N2Cc2ccco2)cc1OC. The molecule has 1 aromatic heterocycles. The number of carbonyl (C=O) groups excluding carboxylic acids is 2. The quantitative estimate of drug-likeness (QED) is 0.302. The van der Waals surface area contributed by atoms with Crippen LogP contribution in [0.1, 0.15) is 29.9 Å². The van der Waals surface area contributed by atoms with Crippen LogP contribution < -0.4 is 14.2 Å². The number of amides is 1. The van der Waals surface area contributed by atoms with E-state index in [0.29, 0.717) is 40.7 Å². The molecule has 1 fully saturated rings. The number of aliphatic hydroxyl groups is 1. The van der Waals surface area contributed by atoms with Crippen LogP contribution in [0.2, 0.25) is 0 Å². The predicted molar refractivity (Wildman–Crippen MR) is 124 cm³/mol. The summed E-state index contributed by atoms with van der Waals surface area (Å²) in [7, 11) is 3.02. The lowest BCUT2D eigenvalue weighted by Gasteiger charge is -2.25. The number of nitrogens with zero attached hydrogens (tertiary/aromatic N) is 1. The molecule has 3 aromatic rings. The number of Topliss-reactive ketones (excluding diaryl/α,β-unsaturated/α-hetero) is 1. The summed E-state index contributed by atoms with van der Waals surface area (Å²) in [5.41, 5.74) is 0.907. The number of ketones is 1. The van der Waals surface area contributed by atoms with Crippen LogP contribution in [0.4, 0.5) is 0 Å². The Bertz CT molecular complexity index is 1230. The van der Waals surface area contributed by atoms with Crippen LogP contribution in [0.3, 0.4) is 0 Å². The maximum absolute atomic E-state index is 13.2. The van der Waals surface area contributed by atoms with Crippen molar-refractivity contribution in [3.8, 4) is 17.2 Å². The van der Waals surface area contributed by atoms with Crippen molar-refractivity contribution in [3.63, 3.8) is 0 Å². The molecule has 1 unspecified atom stereocenters. The highest BCUT2D eigenvalue weighted by Crippen LogP contribution is 2.43. The third-order valence-corrected chi connectivity index (χ3v) is 5.59. The molecule has 2 aromatic carbocycles. The van der Waals surface area contributed by atoms with Crippen molar-refractivity contribution in [3.05, 3.63) is 83.3 Å². The molecular weight excluding hydrogens is 438 g/mol. The monoisotopic (exact) mass is 463 g/mol. The first-order chi connectivity index (χ1) is 16.5. The number of aliphatic hydroxyl groups excluding tert-OH is 1. The largest absolute Gasteiger partial charge is 0.507 e. The Morgan fingerprint density at radius 3 is 2.53 bits per heavy atom. The molecule has 0 bridgehead atoms. The number of hydrogen-bond acceptors (Lipinski definition) is 7. The van der Waals surface area contributed by atoms with E-state index in [2.05, 4.69) is 0 Å². The number of furan rings is 1. The van der Waals surface area contributed by atoms with E-state index in [4.69, 9.17) is 18.6 Å². The number of benzene rings is 2. The predicted octanol–water partition coefficient (Wildman–Crippen LogP) is 4.32. The van der Waals surface area contributed by atoms with E-state index in [-0.39, 0.29) is 17.9 Å². The highest BCUT2D eigenvalue weighted by atomic mass is 16.5. The van der Waals surface area contributed by atoms with Gasteiger partial charge in [0.2, 0.25) is 0 Å². The molecule has 1 amide bonds. The van der Waals surface area contributed by atoms with Gasteiger partial charge >= 0.3 is 0 Å². The fourth-order valence-corrected chi connectivity index (χ4v) is 4.01. The van der Waals surface area contributed by atoms with E-state index in [1.54, 1.807) is 54.6 Å². The molecule has 0 saturated carbocycles. The Kier molecular flexibility index (Phi) is 6.58. The molecule has 0 radical (unpaired) electrons. The summed E-state index contributed by atoms with van der Waals surface area (Å²) in [4.78, 5) is 27.7. The van der Waals surface area contributed by atoms with Crippen molar-refractivity contribution < 1.29 is 33.3 Å². The Morgan fingerprint density at radius 1 is 1.03 bits per heavy atom. The number of ether oxygens (including phenoxy) is 3. The number of carbonyl (C=O) groups is 2. The molecule has 1 aliphatic rings. The zero-order valence-corrected chi connectivity index (χ0v) is 19.1. The molecule has 2 heterocycles. The summed E-state index contributed by atoms with van der Waals surface area (Å²) in [6.07, 6.45) is 1.50. The fraction of sp³-hybridized carbons (Fsp3) is 0.231. The number of hydrogen-bond donors (Lipinski definition) is 1. The third-order valence-electron chi connectivity index (χ3n) is 5.59. The van der Waals surface area contributed by atoms with Crippen LogP contribution >= 0.6 is 0 Å². The summed E-state index contributed by atoms with van der Waals surface area (Å²) in [6.45, 7) is 2.36. The molecule has 1 saturated heterocycles. The van der Waals surface area contributed by atoms with Gasteiger partial charge in [-0.25, -0.2) is 0 Å².